The lowest BCUT2D eigenvalue weighted by Crippen LogP contribution is -2.16. The second kappa shape index (κ2) is 5.63. The summed E-state index contributed by atoms with van der Waals surface area (Å²) in [5.41, 5.74) is 2.12. The van der Waals surface area contributed by atoms with Gasteiger partial charge in [0.1, 0.15) is 11.5 Å². The maximum atomic E-state index is 11.5. The van der Waals surface area contributed by atoms with Gasteiger partial charge in [0.15, 0.2) is 5.43 Å². The fourth-order valence-corrected chi connectivity index (χ4v) is 3.93. The van der Waals surface area contributed by atoms with E-state index in [0.29, 0.717) is 5.76 Å². The van der Waals surface area contributed by atoms with E-state index in [4.69, 9.17) is 4.42 Å². The summed E-state index contributed by atoms with van der Waals surface area (Å²) in [7, 11) is 0. The normalized spacial score (nSPS) is 15.3. The first-order chi connectivity index (χ1) is 11.2. The zero-order valence-corrected chi connectivity index (χ0v) is 13.5. The molecule has 0 N–H and O–H groups in total. The molecule has 2 aliphatic heterocycles. The highest BCUT2D eigenvalue weighted by atomic mass is 32.2. The van der Waals surface area contributed by atoms with E-state index in [0.717, 1.165) is 22.9 Å². The minimum atomic E-state index is -0.0381. The molecule has 4 heteroatoms. The summed E-state index contributed by atoms with van der Waals surface area (Å²) >= 11 is 1.74. The highest BCUT2D eigenvalue weighted by Crippen LogP contribution is 2.46. The molecule has 1 aromatic carbocycles. The molecule has 1 aromatic rings. The van der Waals surface area contributed by atoms with Crippen molar-refractivity contribution in [2.24, 2.45) is 0 Å². The van der Waals surface area contributed by atoms with Crippen LogP contribution >= 0.6 is 11.8 Å². The van der Waals surface area contributed by atoms with E-state index >= 15 is 0 Å². The lowest BCUT2D eigenvalue weighted by Gasteiger charge is -2.17. The SMILES string of the molecule is CCN1/C(=C/c2ccc3ccc(=O)cc-3o2)Sc2ccccc21. The number of anilines is 1. The molecule has 0 radical (unpaired) electrons. The molecule has 0 amide bonds. The van der Waals surface area contributed by atoms with Crippen LogP contribution in [0.3, 0.4) is 0 Å². The van der Waals surface area contributed by atoms with Crippen molar-refractivity contribution in [3.05, 3.63) is 75.6 Å². The number of rotatable bonds is 2. The number of nitrogens with zero attached hydrogens (tertiary/aromatic N) is 1. The third-order valence-electron chi connectivity index (χ3n) is 3.86. The predicted octanol–water partition coefficient (Wildman–Crippen LogP) is 4.68. The average Bonchev–Trinajstić information content (AvgIpc) is 2.91. The van der Waals surface area contributed by atoms with Crippen molar-refractivity contribution >= 4 is 23.5 Å². The van der Waals surface area contributed by atoms with Gasteiger partial charge in [0.05, 0.1) is 10.7 Å². The first kappa shape index (κ1) is 14.2. The van der Waals surface area contributed by atoms with Crippen molar-refractivity contribution in [2.45, 2.75) is 11.8 Å². The van der Waals surface area contributed by atoms with Crippen LogP contribution < -0.4 is 10.3 Å². The zero-order chi connectivity index (χ0) is 15.8. The van der Waals surface area contributed by atoms with Crippen LogP contribution in [-0.4, -0.2) is 6.54 Å². The van der Waals surface area contributed by atoms with Crippen molar-refractivity contribution in [1.29, 1.82) is 0 Å². The first-order valence-corrected chi connectivity index (χ1v) is 8.36. The lowest BCUT2D eigenvalue weighted by molar-refractivity contribution is 0.553. The van der Waals surface area contributed by atoms with Crippen LogP contribution in [-0.2, 0) is 0 Å². The quantitative estimate of drug-likeness (QED) is 0.686. The molecule has 3 nitrogen and oxygen atoms in total. The lowest BCUT2D eigenvalue weighted by atomic mass is 10.1. The maximum absolute atomic E-state index is 11.5. The Balaban J connectivity index is 1.77. The predicted molar refractivity (Wildman–Crippen MR) is 94.9 cm³/mol. The second-order valence-electron chi connectivity index (χ2n) is 5.33. The van der Waals surface area contributed by atoms with Gasteiger partial charge in [0.25, 0.3) is 0 Å². The Labute approximate surface area is 138 Å². The van der Waals surface area contributed by atoms with Crippen LogP contribution in [0.4, 0.5) is 5.69 Å². The number of benzene rings is 2. The topological polar surface area (TPSA) is 33.5 Å². The molecule has 0 fully saturated rings. The summed E-state index contributed by atoms with van der Waals surface area (Å²) in [6.45, 7) is 3.03. The molecule has 114 valence electrons. The third kappa shape index (κ3) is 2.55. The third-order valence-corrected chi connectivity index (χ3v) is 4.97. The van der Waals surface area contributed by atoms with Crippen LogP contribution in [0, 0.1) is 0 Å². The van der Waals surface area contributed by atoms with Crippen LogP contribution in [0.5, 0.6) is 0 Å². The summed E-state index contributed by atoms with van der Waals surface area (Å²) in [6.07, 6.45) is 2.03. The van der Waals surface area contributed by atoms with Crippen molar-refractivity contribution in [2.75, 3.05) is 11.4 Å². The van der Waals surface area contributed by atoms with Gasteiger partial charge < -0.3 is 9.32 Å². The molecule has 23 heavy (non-hydrogen) atoms. The Morgan fingerprint density at radius 3 is 2.83 bits per heavy atom. The summed E-state index contributed by atoms with van der Waals surface area (Å²) < 4.78 is 5.88. The van der Waals surface area contributed by atoms with Gasteiger partial charge >= 0.3 is 0 Å². The number of hydrogen-bond donors (Lipinski definition) is 0. The van der Waals surface area contributed by atoms with Crippen LogP contribution in [0.25, 0.3) is 17.4 Å². The fourth-order valence-electron chi connectivity index (χ4n) is 2.76. The van der Waals surface area contributed by atoms with Gasteiger partial charge in [-0.25, -0.2) is 0 Å². The Morgan fingerprint density at radius 2 is 1.96 bits per heavy atom. The van der Waals surface area contributed by atoms with Crippen molar-refractivity contribution in [3.8, 4) is 11.3 Å². The van der Waals surface area contributed by atoms with Gasteiger partial charge in [-0.15, -0.1) is 0 Å². The smallest absolute Gasteiger partial charge is 0.182 e. The minimum Gasteiger partial charge on any atom is -0.457 e. The van der Waals surface area contributed by atoms with Gasteiger partial charge in [-0.05, 0) is 43.3 Å². The van der Waals surface area contributed by atoms with E-state index < -0.39 is 0 Å². The van der Waals surface area contributed by atoms with E-state index in [9.17, 15) is 4.79 Å². The molecular weight excluding hydrogens is 306 g/mol. The summed E-state index contributed by atoms with van der Waals surface area (Å²) in [6, 6.07) is 17.2. The van der Waals surface area contributed by atoms with Crippen molar-refractivity contribution < 1.29 is 4.42 Å². The minimum absolute atomic E-state index is 0.0381. The van der Waals surface area contributed by atoms with Gasteiger partial charge in [-0.1, -0.05) is 23.9 Å². The molecule has 0 aromatic heterocycles. The van der Waals surface area contributed by atoms with Gasteiger partial charge in [0, 0.05) is 29.1 Å². The molecule has 0 bridgehead atoms. The molecule has 4 rings (SSSR count). The Morgan fingerprint density at radius 1 is 1.13 bits per heavy atom. The molecule has 1 aliphatic carbocycles. The Hall–Kier alpha value is -2.46. The maximum Gasteiger partial charge on any atom is 0.182 e. The largest absolute Gasteiger partial charge is 0.457 e. The van der Waals surface area contributed by atoms with E-state index in [1.807, 2.05) is 18.2 Å². The summed E-state index contributed by atoms with van der Waals surface area (Å²) in [4.78, 5) is 15.0. The number of fused-ring (bicyclic) bond motifs is 2. The van der Waals surface area contributed by atoms with E-state index in [1.54, 1.807) is 23.9 Å². The van der Waals surface area contributed by atoms with Gasteiger partial charge in [0.2, 0.25) is 0 Å². The molecule has 2 heterocycles. The number of para-hydroxylation sites is 1. The van der Waals surface area contributed by atoms with Crippen LogP contribution in [0.15, 0.2) is 73.7 Å². The summed E-state index contributed by atoms with van der Waals surface area (Å²) in [5.74, 6) is 1.37. The number of hydrogen-bond acceptors (Lipinski definition) is 4. The van der Waals surface area contributed by atoms with Crippen molar-refractivity contribution in [1.82, 2.24) is 0 Å². The van der Waals surface area contributed by atoms with E-state index in [-0.39, 0.29) is 5.43 Å². The molecule has 0 spiro atoms. The molecular formula is C19H15NO2S. The van der Waals surface area contributed by atoms with E-state index in [1.165, 1.54) is 16.6 Å². The Kier molecular flexibility index (Phi) is 3.46. The molecule has 0 saturated heterocycles. The van der Waals surface area contributed by atoms with Crippen LogP contribution in [0.2, 0.25) is 0 Å². The average molecular weight is 321 g/mol. The van der Waals surface area contributed by atoms with Gasteiger partial charge in [-0.2, -0.15) is 0 Å². The zero-order valence-electron chi connectivity index (χ0n) is 12.7. The van der Waals surface area contributed by atoms with Gasteiger partial charge in [-0.3, -0.25) is 4.79 Å². The van der Waals surface area contributed by atoms with Crippen LogP contribution in [0.1, 0.15) is 12.7 Å². The number of thioether (sulfide) groups is 1. The monoisotopic (exact) mass is 321 g/mol. The molecule has 3 aliphatic rings. The standard InChI is InChI=1S/C19H15NO2S/c1-2-20-16-5-3-4-6-18(16)23-19(20)12-15-10-8-13-7-9-14(21)11-17(13)22-15/h3-12H,2H2,1H3/b19-12-. The second-order valence-corrected chi connectivity index (χ2v) is 6.40. The highest BCUT2D eigenvalue weighted by molar-refractivity contribution is 8.03. The molecule has 0 saturated carbocycles. The Bertz CT molecular complexity index is 929. The molecule has 0 atom stereocenters. The van der Waals surface area contributed by atoms with E-state index in [2.05, 4.69) is 36.1 Å². The van der Waals surface area contributed by atoms with Crippen molar-refractivity contribution in [3.63, 3.8) is 0 Å². The molecule has 0 unspecified atom stereocenters. The fraction of sp³-hybridized carbons (Fsp3) is 0.105. The summed E-state index contributed by atoms with van der Waals surface area (Å²) in [5, 5.41) is 1.13. The first-order valence-electron chi connectivity index (χ1n) is 7.54. The highest BCUT2D eigenvalue weighted by Gasteiger charge is 2.23.